The average Bonchev–Trinajstić information content (AvgIpc) is 2.40. The number of piperidine rings is 1. The predicted octanol–water partition coefficient (Wildman–Crippen LogP) is 0.838. The third-order valence-corrected chi connectivity index (χ3v) is 3.10. The van der Waals surface area contributed by atoms with E-state index >= 15 is 0 Å². The first kappa shape index (κ1) is 12.6. The van der Waals surface area contributed by atoms with Crippen LogP contribution in [0, 0.1) is 5.92 Å². The molecule has 1 aromatic rings. The highest BCUT2D eigenvalue weighted by Crippen LogP contribution is 2.22. The lowest BCUT2D eigenvalue weighted by molar-refractivity contribution is -0.148. The fourth-order valence-electron chi connectivity index (χ4n) is 2.10. The molecular formula is C12H18N4O2. The maximum absolute atomic E-state index is 11.6. The Labute approximate surface area is 106 Å². The molecule has 0 aromatic carbocycles. The third kappa shape index (κ3) is 2.88. The summed E-state index contributed by atoms with van der Waals surface area (Å²) in [7, 11) is 0. The minimum atomic E-state index is -0.0828. The van der Waals surface area contributed by atoms with Crippen molar-refractivity contribution in [1.29, 1.82) is 0 Å². The Morgan fingerprint density at radius 1 is 1.44 bits per heavy atom. The van der Waals surface area contributed by atoms with Crippen LogP contribution in [0.1, 0.15) is 19.8 Å². The van der Waals surface area contributed by atoms with Gasteiger partial charge in [0, 0.05) is 13.1 Å². The monoisotopic (exact) mass is 250 g/mol. The molecule has 0 radical (unpaired) electrons. The molecule has 1 fully saturated rings. The molecule has 0 amide bonds. The van der Waals surface area contributed by atoms with Crippen LogP contribution in [0.3, 0.4) is 0 Å². The molecule has 1 aliphatic heterocycles. The molecule has 6 heteroatoms. The molecule has 0 spiro atoms. The number of ether oxygens (including phenoxy) is 1. The van der Waals surface area contributed by atoms with E-state index < -0.39 is 0 Å². The molecule has 18 heavy (non-hydrogen) atoms. The first-order chi connectivity index (χ1) is 8.70. The van der Waals surface area contributed by atoms with Gasteiger partial charge in [0.2, 0.25) is 0 Å². The van der Waals surface area contributed by atoms with Crippen LogP contribution >= 0.6 is 0 Å². The Bertz CT molecular complexity index is 399. The Morgan fingerprint density at radius 3 is 2.72 bits per heavy atom. The van der Waals surface area contributed by atoms with Crippen molar-refractivity contribution in [1.82, 2.24) is 9.97 Å². The van der Waals surface area contributed by atoms with Gasteiger partial charge in [0.05, 0.1) is 24.9 Å². The lowest BCUT2D eigenvalue weighted by Gasteiger charge is -2.31. The van der Waals surface area contributed by atoms with Gasteiger partial charge in [-0.2, -0.15) is 0 Å². The molecule has 98 valence electrons. The fourth-order valence-corrected chi connectivity index (χ4v) is 2.10. The predicted molar refractivity (Wildman–Crippen MR) is 68.0 cm³/mol. The van der Waals surface area contributed by atoms with Gasteiger partial charge in [0.25, 0.3) is 0 Å². The van der Waals surface area contributed by atoms with Crippen LogP contribution in [0.5, 0.6) is 0 Å². The number of carbonyl (C=O) groups excluding carboxylic acids is 1. The van der Waals surface area contributed by atoms with E-state index in [4.69, 9.17) is 10.5 Å². The van der Waals surface area contributed by atoms with Crippen molar-refractivity contribution in [2.75, 3.05) is 30.3 Å². The lowest BCUT2D eigenvalue weighted by Crippen LogP contribution is -2.37. The maximum atomic E-state index is 11.6. The van der Waals surface area contributed by atoms with E-state index in [0.717, 1.165) is 31.7 Å². The summed E-state index contributed by atoms with van der Waals surface area (Å²) in [5, 5.41) is 0. The summed E-state index contributed by atoms with van der Waals surface area (Å²) in [6.45, 7) is 3.86. The second-order valence-corrected chi connectivity index (χ2v) is 4.31. The van der Waals surface area contributed by atoms with Crippen molar-refractivity contribution in [3.63, 3.8) is 0 Å². The first-order valence-corrected chi connectivity index (χ1v) is 6.19. The Morgan fingerprint density at radius 2 is 2.17 bits per heavy atom. The number of nitrogens with two attached hydrogens (primary N) is 1. The van der Waals surface area contributed by atoms with Gasteiger partial charge in [-0.05, 0) is 19.8 Å². The zero-order valence-corrected chi connectivity index (χ0v) is 10.5. The van der Waals surface area contributed by atoms with E-state index in [1.807, 2.05) is 6.92 Å². The van der Waals surface area contributed by atoms with Crippen molar-refractivity contribution in [3.8, 4) is 0 Å². The van der Waals surface area contributed by atoms with Crippen LogP contribution in [0.15, 0.2) is 12.4 Å². The van der Waals surface area contributed by atoms with Crippen molar-refractivity contribution in [2.24, 2.45) is 5.92 Å². The summed E-state index contributed by atoms with van der Waals surface area (Å²) in [6, 6.07) is 0. The molecule has 6 nitrogen and oxygen atoms in total. The molecule has 1 aromatic heterocycles. The number of esters is 1. The zero-order valence-electron chi connectivity index (χ0n) is 10.5. The highest BCUT2D eigenvalue weighted by atomic mass is 16.5. The fraction of sp³-hybridized carbons (Fsp3) is 0.583. The number of rotatable bonds is 3. The Hall–Kier alpha value is -1.85. The molecule has 2 N–H and O–H groups in total. The number of aromatic nitrogens is 2. The van der Waals surface area contributed by atoms with Gasteiger partial charge in [-0.3, -0.25) is 4.79 Å². The number of carbonyl (C=O) groups is 1. The van der Waals surface area contributed by atoms with Crippen molar-refractivity contribution < 1.29 is 9.53 Å². The largest absolute Gasteiger partial charge is 0.466 e. The van der Waals surface area contributed by atoms with Crippen molar-refractivity contribution in [3.05, 3.63) is 12.4 Å². The normalized spacial score (nSPS) is 16.6. The smallest absolute Gasteiger partial charge is 0.309 e. The summed E-state index contributed by atoms with van der Waals surface area (Å²) < 4.78 is 5.04. The molecule has 2 rings (SSSR count). The topological polar surface area (TPSA) is 81.3 Å². The first-order valence-electron chi connectivity index (χ1n) is 6.19. The van der Waals surface area contributed by atoms with Gasteiger partial charge in [0.1, 0.15) is 11.6 Å². The van der Waals surface area contributed by atoms with Crippen LogP contribution in [-0.2, 0) is 9.53 Å². The molecule has 1 saturated heterocycles. The second-order valence-electron chi connectivity index (χ2n) is 4.31. The van der Waals surface area contributed by atoms with Gasteiger partial charge in [-0.25, -0.2) is 9.97 Å². The molecule has 1 aliphatic rings. The number of nitrogens with zero attached hydrogens (tertiary/aromatic N) is 3. The quantitative estimate of drug-likeness (QED) is 0.800. The van der Waals surface area contributed by atoms with Crippen molar-refractivity contribution in [2.45, 2.75) is 19.8 Å². The summed E-state index contributed by atoms with van der Waals surface area (Å²) in [6.07, 6.45) is 4.81. The van der Waals surface area contributed by atoms with E-state index in [-0.39, 0.29) is 11.9 Å². The minimum absolute atomic E-state index is 0.0166. The van der Waals surface area contributed by atoms with Gasteiger partial charge in [0.15, 0.2) is 0 Å². The number of anilines is 2. The van der Waals surface area contributed by atoms with E-state index in [1.54, 1.807) is 12.4 Å². The summed E-state index contributed by atoms with van der Waals surface area (Å²) in [4.78, 5) is 22.0. The van der Waals surface area contributed by atoms with E-state index in [1.165, 1.54) is 0 Å². The average molecular weight is 250 g/mol. The summed E-state index contributed by atoms with van der Waals surface area (Å²) in [5.74, 6) is 1.16. The van der Waals surface area contributed by atoms with Gasteiger partial charge in [-0.15, -0.1) is 0 Å². The SMILES string of the molecule is CCOC(=O)C1CCN(c2cnc(N)cn2)CC1. The van der Waals surface area contributed by atoms with Crippen molar-refractivity contribution >= 4 is 17.6 Å². The highest BCUT2D eigenvalue weighted by Gasteiger charge is 2.26. The molecule has 0 atom stereocenters. The van der Waals surface area contributed by atoms with E-state index in [2.05, 4.69) is 14.9 Å². The third-order valence-electron chi connectivity index (χ3n) is 3.10. The number of hydrogen-bond donors (Lipinski definition) is 1. The molecule has 0 unspecified atom stereocenters. The van der Waals surface area contributed by atoms with Gasteiger partial charge >= 0.3 is 5.97 Å². The Kier molecular flexibility index (Phi) is 3.96. The van der Waals surface area contributed by atoms with E-state index in [0.29, 0.717) is 12.4 Å². The molecule has 0 bridgehead atoms. The van der Waals surface area contributed by atoms with Crippen LogP contribution in [-0.4, -0.2) is 35.6 Å². The standard InChI is InChI=1S/C12H18N4O2/c1-2-18-12(17)9-3-5-16(6-4-9)11-8-14-10(13)7-15-11/h7-9H,2-6H2,1H3,(H2,13,14). The molecule has 2 heterocycles. The highest BCUT2D eigenvalue weighted by molar-refractivity contribution is 5.72. The molecule has 0 aliphatic carbocycles. The number of hydrogen-bond acceptors (Lipinski definition) is 6. The molecule has 0 saturated carbocycles. The van der Waals surface area contributed by atoms with Gasteiger partial charge in [-0.1, -0.05) is 0 Å². The van der Waals surface area contributed by atoms with Crippen LogP contribution in [0.4, 0.5) is 11.6 Å². The maximum Gasteiger partial charge on any atom is 0.309 e. The van der Waals surface area contributed by atoms with Gasteiger partial charge < -0.3 is 15.4 Å². The second kappa shape index (κ2) is 5.66. The van der Waals surface area contributed by atoms with E-state index in [9.17, 15) is 4.79 Å². The van der Waals surface area contributed by atoms with Crippen LogP contribution in [0.2, 0.25) is 0 Å². The summed E-state index contributed by atoms with van der Waals surface area (Å²) in [5.41, 5.74) is 5.50. The number of nitrogen functional groups attached to an aromatic ring is 1. The minimum Gasteiger partial charge on any atom is -0.466 e. The zero-order chi connectivity index (χ0) is 13.0. The van der Waals surface area contributed by atoms with Crippen LogP contribution in [0.25, 0.3) is 0 Å². The molecular weight excluding hydrogens is 232 g/mol. The van der Waals surface area contributed by atoms with Crippen LogP contribution < -0.4 is 10.6 Å². The summed E-state index contributed by atoms with van der Waals surface area (Å²) >= 11 is 0. The lowest BCUT2D eigenvalue weighted by atomic mass is 9.97. The Balaban J connectivity index is 1.90.